The smallest absolute Gasteiger partial charge is 0.323 e. The van der Waals surface area contributed by atoms with E-state index in [2.05, 4.69) is 5.32 Å². The van der Waals surface area contributed by atoms with Gasteiger partial charge in [0.1, 0.15) is 5.54 Å². The second kappa shape index (κ2) is 6.68. The lowest BCUT2D eigenvalue weighted by Crippen LogP contribution is -2.54. The Morgan fingerprint density at radius 3 is 2.63 bits per heavy atom. The number of hydrogen-bond donors (Lipinski definition) is 2. The van der Waals surface area contributed by atoms with Crippen LogP contribution in [0.4, 0.5) is 0 Å². The Kier molecular flexibility index (Phi) is 5.77. The van der Waals surface area contributed by atoms with Crippen molar-refractivity contribution in [3.63, 3.8) is 0 Å². The third-order valence-corrected chi connectivity index (χ3v) is 3.57. The van der Waals surface area contributed by atoms with Gasteiger partial charge in [-0.1, -0.05) is 0 Å². The maximum atomic E-state index is 11.4. The predicted octanol–water partition coefficient (Wildman–Crippen LogP) is 1.80. The van der Waals surface area contributed by atoms with E-state index in [0.29, 0.717) is 26.1 Å². The van der Waals surface area contributed by atoms with Gasteiger partial charge in [-0.2, -0.15) is 0 Å². The van der Waals surface area contributed by atoms with Crippen molar-refractivity contribution in [1.82, 2.24) is 5.32 Å². The van der Waals surface area contributed by atoms with Crippen LogP contribution in [-0.4, -0.2) is 48.6 Å². The van der Waals surface area contributed by atoms with Crippen molar-refractivity contribution in [1.29, 1.82) is 0 Å². The van der Waals surface area contributed by atoms with Gasteiger partial charge in [0.05, 0.1) is 24.9 Å². The first-order chi connectivity index (χ1) is 8.79. The summed E-state index contributed by atoms with van der Waals surface area (Å²) in [6.45, 7) is 7.07. The summed E-state index contributed by atoms with van der Waals surface area (Å²) in [6, 6.07) is 0. The molecule has 1 saturated carbocycles. The minimum absolute atomic E-state index is 0.000804. The molecule has 1 rings (SSSR count). The van der Waals surface area contributed by atoms with Crippen molar-refractivity contribution < 1.29 is 19.4 Å². The summed E-state index contributed by atoms with van der Waals surface area (Å²) < 4.78 is 11.3. The minimum atomic E-state index is -0.826. The molecule has 0 amide bonds. The molecular formula is C14H27NO4. The number of likely N-dealkylation sites (N-methyl/N-ethyl adjacent to an activating group) is 1. The number of carboxylic acids is 1. The Labute approximate surface area is 115 Å². The van der Waals surface area contributed by atoms with Crippen molar-refractivity contribution in [2.75, 3.05) is 20.3 Å². The van der Waals surface area contributed by atoms with Gasteiger partial charge in [0.2, 0.25) is 0 Å². The van der Waals surface area contributed by atoms with Crippen LogP contribution in [-0.2, 0) is 14.3 Å². The Morgan fingerprint density at radius 1 is 1.42 bits per heavy atom. The Balaban J connectivity index is 2.37. The number of rotatable bonds is 6. The molecule has 1 fully saturated rings. The van der Waals surface area contributed by atoms with E-state index in [1.165, 1.54) is 0 Å². The predicted molar refractivity (Wildman–Crippen MR) is 73.3 cm³/mol. The minimum Gasteiger partial charge on any atom is -0.480 e. The van der Waals surface area contributed by atoms with Crippen molar-refractivity contribution in [3.8, 4) is 0 Å². The number of carbonyl (C=O) groups is 1. The van der Waals surface area contributed by atoms with Crippen molar-refractivity contribution in [2.45, 2.75) is 63.7 Å². The van der Waals surface area contributed by atoms with Gasteiger partial charge in [0.15, 0.2) is 0 Å². The van der Waals surface area contributed by atoms with Crippen LogP contribution in [0.3, 0.4) is 0 Å². The van der Waals surface area contributed by atoms with Crippen LogP contribution in [0.5, 0.6) is 0 Å². The third-order valence-electron chi connectivity index (χ3n) is 3.57. The molecule has 5 heteroatoms. The zero-order chi connectivity index (χ0) is 14.5. The molecule has 0 heterocycles. The van der Waals surface area contributed by atoms with Crippen LogP contribution in [0, 0.1) is 0 Å². The van der Waals surface area contributed by atoms with Crippen LogP contribution in [0.2, 0.25) is 0 Å². The fraction of sp³-hybridized carbons (Fsp3) is 0.929. The molecule has 0 radical (unpaired) electrons. The molecule has 2 N–H and O–H groups in total. The van der Waals surface area contributed by atoms with E-state index < -0.39 is 11.5 Å². The highest BCUT2D eigenvalue weighted by Crippen LogP contribution is 2.30. The summed E-state index contributed by atoms with van der Waals surface area (Å²) in [5.41, 5.74) is -0.987. The van der Waals surface area contributed by atoms with Gasteiger partial charge < -0.3 is 19.9 Å². The van der Waals surface area contributed by atoms with E-state index in [0.717, 1.165) is 12.8 Å². The molecule has 1 aliphatic carbocycles. The molecule has 0 aromatic carbocycles. The maximum Gasteiger partial charge on any atom is 0.323 e. The number of hydrogen-bond acceptors (Lipinski definition) is 4. The third kappa shape index (κ3) is 5.09. The Morgan fingerprint density at radius 2 is 2.11 bits per heavy atom. The first-order valence-electron chi connectivity index (χ1n) is 6.97. The second-order valence-electron chi connectivity index (χ2n) is 6.19. The van der Waals surface area contributed by atoms with Crippen LogP contribution in [0.1, 0.15) is 46.5 Å². The second-order valence-corrected chi connectivity index (χ2v) is 6.19. The van der Waals surface area contributed by atoms with Gasteiger partial charge >= 0.3 is 5.97 Å². The molecule has 1 aliphatic rings. The summed E-state index contributed by atoms with van der Waals surface area (Å²) >= 11 is 0. The van der Waals surface area contributed by atoms with Crippen molar-refractivity contribution >= 4 is 5.97 Å². The molecule has 5 nitrogen and oxygen atoms in total. The molecule has 0 aliphatic heterocycles. The van der Waals surface area contributed by atoms with Crippen LogP contribution < -0.4 is 5.32 Å². The van der Waals surface area contributed by atoms with E-state index in [4.69, 9.17) is 9.47 Å². The summed E-state index contributed by atoms with van der Waals surface area (Å²) in [7, 11) is 1.71. The lowest BCUT2D eigenvalue weighted by atomic mass is 9.80. The lowest BCUT2D eigenvalue weighted by molar-refractivity contribution is -0.149. The van der Waals surface area contributed by atoms with Gasteiger partial charge in [-0.25, -0.2) is 0 Å². The molecule has 112 valence electrons. The fourth-order valence-electron chi connectivity index (χ4n) is 2.46. The normalized spacial score (nSPS) is 28.3. The molecule has 0 saturated heterocycles. The monoisotopic (exact) mass is 273 g/mol. The Bertz CT molecular complexity index is 300. The van der Waals surface area contributed by atoms with Crippen LogP contribution >= 0.6 is 0 Å². The van der Waals surface area contributed by atoms with E-state index in [-0.39, 0.29) is 11.7 Å². The first kappa shape index (κ1) is 16.4. The number of aliphatic carboxylic acids is 1. The topological polar surface area (TPSA) is 67.8 Å². The molecule has 0 bridgehead atoms. The SMILES string of the molecule is CNC1(C(=O)O)CCCC(OCCOC(C)(C)C)C1. The average Bonchev–Trinajstić information content (AvgIpc) is 2.33. The number of carboxylic acid groups (broad SMARTS) is 1. The number of nitrogens with one attached hydrogen (secondary N) is 1. The van der Waals surface area contributed by atoms with Crippen molar-refractivity contribution in [2.24, 2.45) is 0 Å². The highest BCUT2D eigenvalue weighted by atomic mass is 16.5. The molecular weight excluding hydrogens is 246 g/mol. The molecule has 2 unspecified atom stereocenters. The van der Waals surface area contributed by atoms with E-state index in [9.17, 15) is 9.90 Å². The standard InChI is InChI=1S/C14H27NO4/c1-13(2,3)19-9-8-18-11-6-5-7-14(10-11,15-4)12(16)17/h11,15H,5-10H2,1-4H3,(H,16,17). The maximum absolute atomic E-state index is 11.4. The van der Waals surface area contributed by atoms with E-state index in [1.807, 2.05) is 20.8 Å². The summed E-state index contributed by atoms with van der Waals surface area (Å²) in [5.74, 6) is -0.783. The quantitative estimate of drug-likeness (QED) is 0.722. The summed E-state index contributed by atoms with van der Waals surface area (Å²) in [6.07, 6.45) is 2.98. The zero-order valence-corrected chi connectivity index (χ0v) is 12.5. The highest BCUT2D eigenvalue weighted by Gasteiger charge is 2.42. The molecule has 2 atom stereocenters. The highest BCUT2D eigenvalue weighted by molar-refractivity contribution is 5.79. The molecule has 0 aromatic rings. The van der Waals surface area contributed by atoms with Crippen LogP contribution in [0.15, 0.2) is 0 Å². The lowest BCUT2D eigenvalue weighted by Gasteiger charge is -2.37. The van der Waals surface area contributed by atoms with Crippen molar-refractivity contribution in [3.05, 3.63) is 0 Å². The molecule has 0 spiro atoms. The van der Waals surface area contributed by atoms with Gasteiger partial charge in [-0.15, -0.1) is 0 Å². The Hall–Kier alpha value is -0.650. The van der Waals surface area contributed by atoms with Gasteiger partial charge in [0.25, 0.3) is 0 Å². The van der Waals surface area contributed by atoms with Crippen LogP contribution in [0.25, 0.3) is 0 Å². The summed E-state index contributed by atoms with van der Waals surface area (Å²) in [5, 5.41) is 12.3. The number of ether oxygens (including phenoxy) is 2. The molecule has 0 aromatic heterocycles. The first-order valence-corrected chi connectivity index (χ1v) is 6.97. The fourth-order valence-corrected chi connectivity index (χ4v) is 2.46. The van der Waals surface area contributed by atoms with E-state index >= 15 is 0 Å². The van der Waals surface area contributed by atoms with Gasteiger partial charge in [0, 0.05) is 6.42 Å². The van der Waals surface area contributed by atoms with E-state index in [1.54, 1.807) is 7.05 Å². The van der Waals surface area contributed by atoms with Gasteiger partial charge in [-0.3, -0.25) is 4.79 Å². The molecule has 19 heavy (non-hydrogen) atoms. The zero-order valence-electron chi connectivity index (χ0n) is 12.5. The van der Waals surface area contributed by atoms with Gasteiger partial charge in [-0.05, 0) is 47.1 Å². The largest absolute Gasteiger partial charge is 0.480 e. The average molecular weight is 273 g/mol. The summed E-state index contributed by atoms with van der Waals surface area (Å²) in [4.78, 5) is 11.4.